The Balaban J connectivity index is 3.45. The first kappa shape index (κ1) is 12.2. The lowest BCUT2D eigenvalue weighted by atomic mass is 10.0. The summed E-state index contributed by atoms with van der Waals surface area (Å²) in [5.74, 6) is 0.704. The average Bonchev–Trinajstić information content (AvgIpc) is 2.12. The van der Waals surface area contributed by atoms with Gasteiger partial charge < -0.3 is 5.32 Å². The van der Waals surface area contributed by atoms with Crippen molar-refractivity contribution in [3.63, 3.8) is 0 Å². The molecule has 0 aliphatic rings. The molecule has 0 aromatic carbocycles. The monoisotopic (exact) mass is 191 g/mol. The van der Waals surface area contributed by atoms with Gasteiger partial charge in [-0.15, -0.1) is 11.6 Å². The van der Waals surface area contributed by atoms with Crippen LogP contribution < -0.4 is 5.32 Å². The summed E-state index contributed by atoms with van der Waals surface area (Å²) in [4.78, 5) is 0. The normalized spacial score (nSPS) is 16.0. The largest absolute Gasteiger partial charge is 0.310 e. The molecular weight excluding hydrogens is 170 g/mol. The maximum absolute atomic E-state index is 5.86. The van der Waals surface area contributed by atoms with Gasteiger partial charge in [0.25, 0.3) is 0 Å². The Morgan fingerprint density at radius 3 is 2.33 bits per heavy atom. The summed E-state index contributed by atoms with van der Waals surface area (Å²) in [6.45, 7) is 7.69. The summed E-state index contributed by atoms with van der Waals surface area (Å²) >= 11 is 5.86. The summed E-state index contributed by atoms with van der Waals surface area (Å²) < 4.78 is 0. The van der Waals surface area contributed by atoms with Gasteiger partial charge in [0.15, 0.2) is 0 Å². The maximum atomic E-state index is 5.86. The van der Waals surface area contributed by atoms with Crippen molar-refractivity contribution in [2.45, 2.75) is 52.0 Å². The lowest BCUT2D eigenvalue weighted by molar-refractivity contribution is 0.377. The van der Waals surface area contributed by atoms with Crippen LogP contribution in [0.5, 0.6) is 0 Å². The van der Waals surface area contributed by atoms with Gasteiger partial charge in [-0.25, -0.2) is 0 Å². The third kappa shape index (κ3) is 5.00. The van der Waals surface area contributed by atoms with Gasteiger partial charge in [-0.1, -0.05) is 26.7 Å². The molecule has 0 saturated carbocycles. The summed E-state index contributed by atoms with van der Waals surface area (Å²) in [5.41, 5.74) is 0.148. The molecule has 0 bridgehead atoms. The fraction of sp³-hybridized carbons (Fsp3) is 1.00. The summed E-state index contributed by atoms with van der Waals surface area (Å²) in [5, 5.41) is 3.50. The number of halogens is 1. The van der Waals surface area contributed by atoms with E-state index in [0.29, 0.717) is 5.88 Å². The molecule has 1 atom stereocenters. The lowest BCUT2D eigenvalue weighted by Gasteiger charge is -2.27. The molecule has 12 heavy (non-hydrogen) atoms. The molecule has 0 heterocycles. The number of alkyl halides is 1. The number of hydrogen-bond acceptors (Lipinski definition) is 1. The Kier molecular flexibility index (Phi) is 6.87. The molecule has 74 valence electrons. The molecule has 0 spiro atoms. The SMILES string of the molecule is CCCCCNC(C)(CC)CCl. The van der Waals surface area contributed by atoms with E-state index >= 15 is 0 Å². The Bertz CT molecular complexity index is 100. The van der Waals surface area contributed by atoms with E-state index in [-0.39, 0.29) is 5.54 Å². The van der Waals surface area contributed by atoms with Crippen molar-refractivity contribution in [3.8, 4) is 0 Å². The Hall–Kier alpha value is 0.250. The second kappa shape index (κ2) is 6.73. The second-order valence-corrected chi connectivity index (χ2v) is 3.95. The molecule has 0 saturated heterocycles. The van der Waals surface area contributed by atoms with Crippen molar-refractivity contribution in [1.29, 1.82) is 0 Å². The van der Waals surface area contributed by atoms with Gasteiger partial charge in [0, 0.05) is 11.4 Å². The van der Waals surface area contributed by atoms with Gasteiger partial charge in [-0.05, 0) is 26.3 Å². The third-order valence-corrected chi connectivity index (χ3v) is 3.00. The van der Waals surface area contributed by atoms with Gasteiger partial charge in [0.05, 0.1) is 0 Å². The number of unbranched alkanes of at least 4 members (excludes halogenated alkanes) is 2. The highest BCUT2D eigenvalue weighted by molar-refractivity contribution is 6.18. The standard InChI is InChI=1S/C10H22ClN/c1-4-6-7-8-12-10(3,5-2)9-11/h12H,4-9H2,1-3H3. The average molecular weight is 192 g/mol. The molecule has 0 radical (unpaired) electrons. The van der Waals surface area contributed by atoms with Gasteiger partial charge >= 0.3 is 0 Å². The number of hydrogen-bond donors (Lipinski definition) is 1. The minimum absolute atomic E-state index is 0.148. The van der Waals surface area contributed by atoms with E-state index in [1.807, 2.05) is 0 Å². The predicted molar refractivity (Wildman–Crippen MR) is 56.9 cm³/mol. The smallest absolute Gasteiger partial charge is 0.0403 e. The van der Waals surface area contributed by atoms with Crippen molar-refractivity contribution in [2.75, 3.05) is 12.4 Å². The highest BCUT2D eigenvalue weighted by Gasteiger charge is 2.18. The highest BCUT2D eigenvalue weighted by atomic mass is 35.5. The molecular formula is C10H22ClN. The first-order valence-corrected chi connectivity index (χ1v) is 5.53. The molecule has 0 amide bonds. The summed E-state index contributed by atoms with van der Waals surface area (Å²) in [7, 11) is 0. The summed E-state index contributed by atoms with van der Waals surface area (Å²) in [6, 6.07) is 0. The van der Waals surface area contributed by atoms with Crippen LogP contribution in [0.3, 0.4) is 0 Å². The van der Waals surface area contributed by atoms with Crippen LogP contribution in [0.1, 0.15) is 46.5 Å². The molecule has 0 fully saturated rings. The maximum Gasteiger partial charge on any atom is 0.0403 e. The number of rotatable bonds is 7. The van der Waals surface area contributed by atoms with Crippen molar-refractivity contribution in [1.82, 2.24) is 5.32 Å². The molecule has 0 aliphatic heterocycles. The summed E-state index contributed by atoms with van der Waals surface area (Å²) in [6.07, 6.45) is 4.96. The highest BCUT2D eigenvalue weighted by Crippen LogP contribution is 2.11. The van der Waals surface area contributed by atoms with Crippen molar-refractivity contribution >= 4 is 11.6 Å². The molecule has 0 rings (SSSR count). The fourth-order valence-electron chi connectivity index (χ4n) is 1.03. The zero-order valence-corrected chi connectivity index (χ0v) is 9.38. The van der Waals surface area contributed by atoms with Crippen LogP contribution in [-0.4, -0.2) is 18.0 Å². The molecule has 2 heteroatoms. The number of nitrogens with one attached hydrogen (secondary N) is 1. The lowest BCUT2D eigenvalue weighted by Crippen LogP contribution is -2.43. The van der Waals surface area contributed by atoms with E-state index in [0.717, 1.165) is 13.0 Å². The van der Waals surface area contributed by atoms with Gasteiger partial charge in [-0.3, -0.25) is 0 Å². The molecule has 1 nitrogen and oxygen atoms in total. The fourth-order valence-corrected chi connectivity index (χ4v) is 1.32. The van der Waals surface area contributed by atoms with E-state index in [1.165, 1.54) is 19.3 Å². The van der Waals surface area contributed by atoms with Crippen LogP contribution in [-0.2, 0) is 0 Å². The molecule has 1 unspecified atom stereocenters. The predicted octanol–water partition coefficient (Wildman–Crippen LogP) is 3.17. The van der Waals surface area contributed by atoms with E-state index < -0.39 is 0 Å². The molecule has 0 aromatic heterocycles. The second-order valence-electron chi connectivity index (χ2n) is 3.68. The quantitative estimate of drug-likeness (QED) is 0.482. The minimum Gasteiger partial charge on any atom is -0.310 e. The Morgan fingerprint density at radius 1 is 1.25 bits per heavy atom. The van der Waals surface area contributed by atoms with Crippen LogP contribution in [0.4, 0.5) is 0 Å². The van der Waals surface area contributed by atoms with Gasteiger partial charge in [-0.2, -0.15) is 0 Å². The van der Waals surface area contributed by atoms with E-state index in [9.17, 15) is 0 Å². The zero-order valence-electron chi connectivity index (χ0n) is 8.62. The van der Waals surface area contributed by atoms with Crippen LogP contribution in [0, 0.1) is 0 Å². The molecule has 1 N–H and O–H groups in total. The van der Waals surface area contributed by atoms with Gasteiger partial charge in [0.2, 0.25) is 0 Å². The van der Waals surface area contributed by atoms with Gasteiger partial charge in [0.1, 0.15) is 0 Å². The van der Waals surface area contributed by atoms with E-state index in [4.69, 9.17) is 11.6 Å². The van der Waals surface area contributed by atoms with E-state index in [1.54, 1.807) is 0 Å². The van der Waals surface area contributed by atoms with Crippen LogP contribution in [0.15, 0.2) is 0 Å². The first-order chi connectivity index (χ1) is 5.68. The van der Waals surface area contributed by atoms with Crippen molar-refractivity contribution < 1.29 is 0 Å². The molecule has 0 aromatic rings. The van der Waals surface area contributed by atoms with Crippen molar-refractivity contribution in [3.05, 3.63) is 0 Å². The Morgan fingerprint density at radius 2 is 1.92 bits per heavy atom. The van der Waals surface area contributed by atoms with Crippen molar-refractivity contribution in [2.24, 2.45) is 0 Å². The van der Waals surface area contributed by atoms with Crippen LogP contribution >= 0.6 is 11.6 Å². The third-order valence-electron chi connectivity index (χ3n) is 2.41. The Labute approximate surface area is 81.9 Å². The minimum atomic E-state index is 0.148. The van der Waals surface area contributed by atoms with E-state index in [2.05, 4.69) is 26.1 Å². The zero-order chi connectivity index (χ0) is 9.45. The van der Waals surface area contributed by atoms with Crippen LogP contribution in [0.25, 0.3) is 0 Å². The van der Waals surface area contributed by atoms with Crippen LogP contribution in [0.2, 0.25) is 0 Å². The molecule has 0 aliphatic carbocycles. The topological polar surface area (TPSA) is 12.0 Å². The first-order valence-electron chi connectivity index (χ1n) is 4.99.